The topological polar surface area (TPSA) is 47.4 Å². The number of aryl methyl sites for hydroxylation is 1. The lowest BCUT2D eigenvalue weighted by molar-refractivity contribution is -0.164. The van der Waals surface area contributed by atoms with E-state index in [-0.39, 0.29) is 11.8 Å². The van der Waals surface area contributed by atoms with Gasteiger partial charge in [-0.3, -0.25) is 14.4 Å². The average Bonchev–Trinajstić information content (AvgIpc) is 2.90. The number of aromatic nitrogens is 2. The lowest BCUT2D eigenvalue weighted by Gasteiger charge is -2.48. The molecule has 5 nitrogen and oxygen atoms in total. The molecular formula is C20H24FN3O2. The molecule has 2 aliphatic rings. The van der Waals surface area contributed by atoms with Crippen LogP contribution in [0, 0.1) is 5.82 Å². The van der Waals surface area contributed by atoms with E-state index < -0.39 is 5.54 Å². The lowest BCUT2D eigenvalue weighted by Crippen LogP contribution is -2.60. The fourth-order valence-corrected chi connectivity index (χ4v) is 4.25. The number of benzene rings is 1. The first-order valence-corrected chi connectivity index (χ1v) is 9.29. The van der Waals surface area contributed by atoms with Gasteiger partial charge < -0.3 is 4.74 Å². The summed E-state index contributed by atoms with van der Waals surface area (Å²) in [6, 6.07) is 4.71. The van der Waals surface area contributed by atoms with Crippen LogP contribution in [0.4, 0.5) is 4.39 Å². The highest BCUT2D eigenvalue weighted by atomic mass is 19.1. The van der Waals surface area contributed by atoms with Crippen molar-refractivity contribution in [2.75, 3.05) is 19.7 Å². The second-order valence-corrected chi connectivity index (χ2v) is 7.16. The van der Waals surface area contributed by atoms with E-state index in [2.05, 4.69) is 16.1 Å². The molecule has 1 saturated carbocycles. The maximum Gasteiger partial charge on any atom is 0.326 e. The van der Waals surface area contributed by atoms with Crippen molar-refractivity contribution >= 4 is 22.4 Å². The quantitative estimate of drug-likeness (QED) is 0.788. The summed E-state index contributed by atoms with van der Waals surface area (Å²) >= 11 is 0. The Morgan fingerprint density at radius 1 is 1.38 bits per heavy atom. The molecule has 138 valence electrons. The number of ether oxygens (including phenoxy) is 1. The Morgan fingerprint density at radius 3 is 2.81 bits per heavy atom. The van der Waals surface area contributed by atoms with Gasteiger partial charge in [0, 0.05) is 25.5 Å². The summed E-state index contributed by atoms with van der Waals surface area (Å²) in [5.74, 6) is -0.336. The predicted molar refractivity (Wildman–Crippen MR) is 98.1 cm³/mol. The van der Waals surface area contributed by atoms with Gasteiger partial charge in [0.1, 0.15) is 11.4 Å². The molecule has 1 aromatic heterocycles. The monoisotopic (exact) mass is 357 g/mol. The number of hydrogen-bond donors (Lipinski definition) is 0. The highest BCUT2D eigenvalue weighted by Crippen LogP contribution is 2.41. The summed E-state index contributed by atoms with van der Waals surface area (Å²) in [4.78, 5) is 14.7. The molecule has 2 aromatic rings. The van der Waals surface area contributed by atoms with E-state index in [9.17, 15) is 9.18 Å². The SMILES string of the molecule is CCOC(=O)C1(N2CC=C(c3c4cc(F)ccc4nn3C)CC2)CCC1. The molecule has 0 radical (unpaired) electrons. The molecule has 0 spiro atoms. The fraction of sp³-hybridized carbons (Fsp3) is 0.500. The maximum atomic E-state index is 13.7. The number of hydrogen-bond acceptors (Lipinski definition) is 4. The smallest absolute Gasteiger partial charge is 0.326 e. The minimum absolute atomic E-state index is 0.0869. The third-order valence-corrected chi connectivity index (χ3v) is 5.75. The standard InChI is InChI=1S/C20H24FN3O2/c1-3-26-19(25)20(9-4-10-20)24-11-7-14(8-12-24)18-16-13-15(21)5-6-17(16)22-23(18)2/h5-7,13H,3-4,8-12H2,1-2H3. The number of halogens is 1. The van der Waals surface area contributed by atoms with Crippen molar-refractivity contribution in [2.45, 2.75) is 38.1 Å². The largest absolute Gasteiger partial charge is 0.465 e. The zero-order valence-corrected chi connectivity index (χ0v) is 15.3. The van der Waals surface area contributed by atoms with Gasteiger partial charge in [0.05, 0.1) is 17.8 Å². The predicted octanol–water partition coefficient (Wildman–Crippen LogP) is 3.29. The van der Waals surface area contributed by atoms with Crippen molar-refractivity contribution in [3.63, 3.8) is 0 Å². The zero-order chi connectivity index (χ0) is 18.3. The van der Waals surface area contributed by atoms with Crippen LogP contribution in [0.25, 0.3) is 16.5 Å². The highest BCUT2D eigenvalue weighted by molar-refractivity contribution is 5.91. The van der Waals surface area contributed by atoms with E-state index in [4.69, 9.17) is 4.74 Å². The van der Waals surface area contributed by atoms with Crippen LogP contribution < -0.4 is 0 Å². The molecule has 0 bridgehead atoms. The van der Waals surface area contributed by atoms with E-state index in [1.165, 1.54) is 6.07 Å². The van der Waals surface area contributed by atoms with Gasteiger partial charge in [-0.25, -0.2) is 4.39 Å². The number of rotatable bonds is 4. The second kappa shape index (κ2) is 6.50. The molecule has 4 rings (SSSR count). The Morgan fingerprint density at radius 2 is 2.19 bits per heavy atom. The van der Waals surface area contributed by atoms with E-state index >= 15 is 0 Å². The first-order valence-electron chi connectivity index (χ1n) is 9.29. The van der Waals surface area contributed by atoms with Crippen LogP contribution in [0.15, 0.2) is 24.3 Å². The Kier molecular flexibility index (Phi) is 4.31. The van der Waals surface area contributed by atoms with E-state index in [0.717, 1.165) is 54.4 Å². The Balaban J connectivity index is 1.62. The molecular weight excluding hydrogens is 333 g/mol. The van der Waals surface area contributed by atoms with Crippen molar-refractivity contribution in [1.82, 2.24) is 14.7 Å². The minimum Gasteiger partial charge on any atom is -0.465 e. The number of fused-ring (bicyclic) bond motifs is 1. The second-order valence-electron chi connectivity index (χ2n) is 7.16. The van der Waals surface area contributed by atoms with Crippen LogP contribution in [0.3, 0.4) is 0 Å². The van der Waals surface area contributed by atoms with Crippen molar-refractivity contribution < 1.29 is 13.9 Å². The molecule has 1 aromatic carbocycles. The van der Waals surface area contributed by atoms with Gasteiger partial charge in [0.25, 0.3) is 0 Å². The Hall–Kier alpha value is -2.21. The number of carbonyl (C=O) groups excluding carboxylic acids is 1. The van der Waals surface area contributed by atoms with Gasteiger partial charge in [-0.1, -0.05) is 6.08 Å². The van der Waals surface area contributed by atoms with Gasteiger partial charge in [-0.05, 0) is 56.4 Å². The van der Waals surface area contributed by atoms with Crippen LogP contribution in [-0.2, 0) is 16.6 Å². The molecule has 6 heteroatoms. The van der Waals surface area contributed by atoms with E-state index in [1.807, 2.05) is 18.7 Å². The van der Waals surface area contributed by atoms with Gasteiger partial charge >= 0.3 is 5.97 Å². The van der Waals surface area contributed by atoms with Gasteiger partial charge in [-0.2, -0.15) is 5.10 Å². The van der Waals surface area contributed by atoms with Gasteiger partial charge in [-0.15, -0.1) is 0 Å². The molecule has 1 fully saturated rings. The van der Waals surface area contributed by atoms with Crippen LogP contribution in [0.1, 0.15) is 38.3 Å². The first kappa shape index (κ1) is 17.2. The molecule has 26 heavy (non-hydrogen) atoms. The van der Waals surface area contributed by atoms with E-state index in [0.29, 0.717) is 13.2 Å². The first-order chi connectivity index (χ1) is 12.5. The number of esters is 1. The summed E-state index contributed by atoms with van der Waals surface area (Å²) in [5.41, 5.74) is 2.49. The molecule has 0 unspecified atom stereocenters. The van der Waals surface area contributed by atoms with Crippen molar-refractivity contribution in [2.24, 2.45) is 7.05 Å². The normalized spacial score (nSPS) is 19.9. The number of carbonyl (C=O) groups is 1. The van der Waals surface area contributed by atoms with Crippen molar-refractivity contribution in [1.29, 1.82) is 0 Å². The molecule has 0 N–H and O–H groups in total. The Bertz CT molecular complexity index is 883. The molecule has 0 saturated heterocycles. The molecule has 1 aliphatic heterocycles. The maximum absolute atomic E-state index is 13.7. The van der Waals surface area contributed by atoms with Crippen LogP contribution in [0.2, 0.25) is 0 Å². The molecule has 0 atom stereocenters. The lowest BCUT2D eigenvalue weighted by atomic mass is 9.74. The van der Waals surface area contributed by atoms with Crippen LogP contribution >= 0.6 is 0 Å². The minimum atomic E-state index is -0.446. The number of nitrogens with zero attached hydrogens (tertiary/aromatic N) is 3. The van der Waals surface area contributed by atoms with Crippen molar-refractivity contribution in [3.8, 4) is 0 Å². The van der Waals surface area contributed by atoms with Crippen LogP contribution in [-0.4, -0.2) is 45.9 Å². The Labute approximate surface area is 152 Å². The van der Waals surface area contributed by atoms with Gasteiger partial charge in [0.2, 0.25) is 0 Å². The fourth-order valence-electron chi connectivity index (χ4n) is 4.25. The van der Waals surface area contributed by atoms with Crippen molar-refractivity contribution in [3.05, 3.63) is 35.8 Å². The van der Waals surface area contributed by atoms with E-state index in [1.54, 1.807) is 12.1 Å². The van der Waals surface area contributed by atoms with Gasteiger partial charge in [0.15, 0.2) is 0 Å². The summed E-state index contributed by atoms with van der Waals surface area (Å²) in [5, 5.41) is 5.34. The average molecular weight is 357 g/mol. The zero-order valence-electron chi connectivity index (χ0n) is 15.3. The summed E-state index contributed by atoms with van der Waals surface area (Å²) in [6.45, 7) is 3.77. The summed E-state index contributed by atoms with van der Waals surface area (Å²) in [7, 11) is 1.90. The summed E-state index contributed by atoms with van der Waals surface area (Å²) in [6.07, 6.45) is 5.78. The van der Waals surface area contributed by atoms with Crippen LogP contribution in [0.5, 0.6) is 0 Å². The molecule has 1 aliphatic carbocycles. The molecule has 0 amide bonds. The summed E-state index contributed by atoms with van der Waals surface area (Å²) < 4.78 is 20.9. The highest BCUT2D eigenvalue weighted by Gasteiger charge is 2.50. The third-order valence-electron chi connectivity index (χ3n) is 5.75. The molecule has 2 heterocycles. The third kappa shape index (κ3) is 2.63.